The molecule has 0 saturated heterocycles. The van der Waals surface area contributed by atoms with Gasteiger partial charge in [0.15, 0.2) is 0 Å². The average molecular weight is 249 g/mol. The van der Waals surface area contributed by atoms with Crippen molar-refractivity contribution in [3.8, 4) is 5.75 Å². The lowest BCUT2D eigenvalue weighted by Crippen LogP contribution is -2.44. The van der Waals surface area contributed by atoms with E-state index in [4.69, 9.17) is 10.2 Å². The number of nitrogens with one attached hydrogen (secondary N) is 1. The Morgan fingerprint density at radius 2 is 1.83 bits per heavy atom. The van der Waals surface area contributed by atoms with E-state index in [2.05, 4.69) is 5.32 Å². The molecule has 0 aliphatic heterocycles. The largest absolute Gasteiger partial charge is 0.508 e. The normalized spacial score (nSPS) is 17.8. The van der Waals surface area contributed by atoms with Crippen molar-refractivity contribution in [1.29, 1.82) is 0 Å². The van der Waals surface area contributed by atoms with Gasteiger partial charge in [-0.05, 0) is 37.5 Å². The molecule has 0 radical (unpaired) electrons. The maximum absolute atomic E-state index is 12.0. The number of aliphatic carboxylic acids is 1. The molecule has 3 N–H and O–H groups in total. The maximum Gasteiger partial charge on any atom is 0.329 e. The van der Waals surface area contributed by atoms with Crippen molar-refractivity contribution in [3.05, 3.63) is 29.8 Å². The topological polar surface area (TPSA) is 86.6 Å². The Morgan fingerprint density at radius 3 is 2.28 bits per heavy atom. The van der Waals surface area contributed by atoms with Gasteiger partial charge in [-0.3, -0.25) is 4.79 Å². The fourth-order valence-electron chi connectivity index (χ4n) is 1.78. The molecule has 0 bridgehead atoms. The predicted molar refractivity (Wildman–Crippen MR) is 64.3 cm³/mol. The molecule has 1 aromatic rings. The number of carboxylic acids is 1. The summed E-state index contributed by atoms with van der Waals surface area (Å²) in [6.45, 7) is 1.71. The van der Waals surface area contributed by atoms with Gasteiger partial charge in [-0.2, -0.15) is 0 Å². The third-order valence-corrected chi connectivity index (χ3v) is 3.31. The Kier molecular flexibility index (Phi) is 2.98. The van der Waals surface area contributed by atoms with E-state index < -0.39 is 17.4 Å². The average Bonchev–Trinajstić information content (AvgIpc) is 3.10. The van der Waals surface area contributed by atoms with Crippen molar-refractivity contribution in [2.75, 3.05) is 0 Å². The van der Waals surface area contributed by atoms with Gasteiger partial charge in [0, 0.05) is 0 Å². The highest BCUT2D eigenvalue weighted by atomic mass is 16.4. The Labute approximate surface area is 104 Å². The number of hydrogen-bond acceptors (Lipinski definition) is 3. The maximum atomic E-state index is 12.0. The van der Waals surface area contributed by atoms with Crippen LogP contribution in [0, 0.1) is 0 Å². The van der Waals surface area contributed by atoms with Crippen LogP contribution in [-0.4, -0.2) is 27.6 Å². The molecule has 0 heterocycles. The van der Waals surface area contributed by atoms with E-state index in [9.17, 15) is 9.59 Å². The number of carbonyl (C=O) groups excluding carboxylic acids is 1. The number of rotatable bonds is 4. The van der Waals surface area contributed by atoms with E-state index in [-0.39, 0.29) is 11.7 Å². The zero-order valence-corrected chi connectivity index (χ0v) is 10.0. The van der Waals surface area contributed by atoms with Crippen LogP contribution >= 0.6 is 0 Å². The molecule has 1 saturated carbocycles. The zero-order valence-electron chi connectivity index (χ0n) is 10.0. The summed E-state index contributed by atoms with van der Waals surface area (Å²) in [5, 5.41) is 20.7. The second-order valence-corrected chi connectivity index (χ2v) is 4.69. The molecule has 1 atom stereocenters. The van der Waals surface area contributed by atoms with Crippen molar-refractivity contribution in [1.82, 2.24) is 5.32 Å². The number of benzene rings is 1. The second-order valence-electron chi connectivity index (χ2n) is 4.69. The molecule has 96 valence electrons. The summed E-state index contributed by atoms with van der Waals surface area (Å²) in [7, 11) is 0. The molecule has 1 amide bonds. The van der Waals surface area contributed by atoms with E-state index in [0.717, 1.165) is 5.56 Å². The lowest BCUT2D eigenvalue weighted by atomic mass is 9.99. The van der Waals surface area contributed by atoms with E-state index >= 15 is 0 Å². The first-order valence-corrected chi connectivity index (χ1v) is 5.79. The highest BCUT2D eigenvalue weighted by Crippen LogP contribution is 2.36. The first kappa shape index (κ1) is 12.4. The van der Waals surface area contributed by atoms with Gasteiger partial charge >= 0.3 is 5.97 Å². The van der Waals surface area contributed by atoms with Gasteiger partial charge in [-0.15, -0.1) is 0 Å². The van der Waals surface area contributed by atoms with Gasteiger partial charge in [-0.1, -0.05) is 12.1 Å². The third-order valence-electron chi connectivity index (χ3n) is 3.31. The molecule has 18 heavy (non-hydrogen) atoms. The van der Waals surface area contributed by atoms with Crippen LogP contribution in [0.5, 0.6) is 5.75 Å². The van der Waals surface area contributed by atoms with Gasteiger partial charge in [0.1, 0.15) is 11.3 Å². The van der Waals surface area contributed by atoms with Crippen molar-refractivity contribution >= 4 is 11.9 Å². The second kappa shape index (κ2) is 4.33. The number of phenols is 1. The van der Waals surface area contributed by atoms with Crippen LogP contribution < -0.4 is 5.32 Å². The quantitative estimate of drug-likeness (QED) is 0.749. The van der Waals surface area contributed by atoms with Gasteiger partial charge in [0.25, 0.3) is 0 Å². The van der Waals surface area contributed by atoms with Gasteiger partial charge in [0.05, 0.1) is 5.92 Å². The number of phenolic OH excluding ortho intramolecular Hbond substituents is 1. The molecule has 2 rings (SSSR count). The number of hydrogen-bond donors (Lipinski definition) is 3. The standard InChI is InChI=1S/C13H15NO4/c1-8(9-2-4-10(15)5-3-9)11(16)14-13(6-7-13)12(17)18/h2-5,8,15H,6-7H2,1H3,(H,14,16)(H,17,18). The number of aromatic hydroxyl groups is 1. The van der Waals surface area contributed by atoms with E-state index in [1.165, 1.54) is 12.1 Å². The Morgan fingerprint density at radius 1 is 1.28 bits per heavy atom. The van der Waals surface area contributed by atoms with Crippen LogP contribution in [0.2, 0.25) is 0 Å². The van der Waals surface area contributed by atoms with Crippen LogP contribution in [0.25, 0.3) is 0 Å². The fourth-order valence-corrected chi connectivity index (χ4v) is 1.78. The lowest BCUT2D eigenvalue weighted by molar-refractivity contribution is -0.143. The lowest BCUT2D eigenvalue weighted by Gasteiger charge is -2.17. The Bertz CT molecular complexity index is 476. The summed E-state index contributed by atoms with van der Waals surface area (Å²) < 4.78 is 0. The zero-order chi connectivity index (χ0) is 13.3. The van der Waals surface area contributed by atoms with Gasteiger partial charge in [-0.25, -0.2) is 4.79 Å². The highest BCUT2D eigenvalue weighted by molar-refractivity contribution is 5.92. The molecule has 1 fully saturated rings. The SMILES string of the molecule is CC(C(=O)NC1(C(=O)O)CC1)c1ccc(O)cc1. The van der Waals surface area contributed by atoms with Crippen molar-refractivity contribution in [2.45, 2.75) is 31.2 Å². The molecular weight excluding hydrogens is 234 g/mol. The van der Waals surface area contributed by atoms with E-state index in [0.29, 0.717) is 12.8 Å². The van der Waals surface area contributed by atoms with Crippen LogP contribution in [0.4, 0.5) is 0 Å². The van der Waals surface area contributed by atoms with Crippen LogP contribution in [0.1, 0.15) is 31.2 Å². The third kappa shape index (κ3) is 2.30. The molecule has 0 spiro atoms. The first-order chi connectivity index (χ1) is 8.44. The van der Waals surface area contributed by atoms with Crippen LogP contribution in [0.15, 0.2) is 24.3 Å². The summed E-state index contributed by atoms with van der Waals surface area (Å²) in [5.41, 5.74) is -0.311. The Hall–Kier alpha value is -2.04. The van der Waals surface area contributed by atoms with Crippen LogP contribution in [0.3, 0.4) is 0 Å². The molecular formula is C13H15NO4. The summed E-state index contributed by atoms with van der Waals surface area (Å²) in [6.07, 6.45) is 0.965. The Balaban J connectivity index is 2.05. The summed E-state index contributed by atoms with van der Waals surface area (Å²) >= 11 is 0. The molecule has 1 aromatic carbocycles. The minimum Gasteiger partial charge on any atom is -0.508 e. The minimum atomic E-state index is -1.05. The smallest absolute Gasteiger partial charge is 0.329 e. The van der Waals surface area contributed by atoms with E-state index in [1.807, 2.05) is 0 Å². The molecule has 5 heteroatoms. The molecule has 1 unspecified atom stereocenters. The van der Waals surface area contributed by atoms with Crippen LogP contribution in [-0.2, 0) is 9.59 Å². The first-order valence-electron chi connectivity index (χ1n) is 5.79. The number of carbonyl (C=O) groups is 2. The van der Waals surface area contributed by atoms with Gasteiger partial charge < -0.3 is 15.5 Å². The molecule has 0 aromatic heterocycles. The fraction of sp³-hybridized carbons (Fsp3) is 0.385. The number of amides is 1. The van der Waals surface area contributed by atoms with Crippen molar-refractivity contribution in [2.24, 2.45) is 0 Å². The minimum absolute atomic E-state index is 0.135. The monoisotopic (exact) mass is 249 g/mol. The predicted octanol–water partition coefficient (Wildman–Crippen LogP) is 1.23. The summed E-state index contributed by atoms with van der Waals surface area (Å²) in [5.74, 6) is -1.59. The summed E-state index contributed by atoms with van der Waals surface area (Å²) in [6, 6.07) is 6.31. The molecule has 5 nitrogen and oxygen atoms in total. The van der Waals surface area contributed by atoms with Crippen molar-refractivity contribution in [3.63, 3.8) is 0 Å². The van der Waals surface area contributed by atoms with Crippen molar-refractivity contribution < 1.29 is 19.8 Å². The molecule has 1 aliphatic rings. The van der Waals surface area contributed by atoms with E-state index in [1.54, 1.807) is 19.1 Å². The highest BCUT2D eigenvalue weighted by Gasteiger charge is 2.52. The molecule has 1 aliphatic carbocycles. The van der Waals surface area contributed by atoms with Gasteiger partial charge in [0.2, 0.25) is 5.91 Å². The number of carboxylic acid groups (broad SMARTS) is 1. The summed E-state index contributed by atoms with van der Waals surface area (Å²) in [4.78, 5) is 22.9.